The van der Waals surface area contributed by atoms with E-state index < -0.39 is 16.7 Å². The van der Waals surface area contributed by atoms with Crippen molar-refractivity contribution in [3.8, 4) is 0 Å². The zero-order valence-electron chi connectivity index (χ0n) is 10.8. The molecule has 1 unspecified atom stereocenters. The van der Waals surface area contributed by atoms with Crippen molar-refractivity contribution in [1.82, 2.24) is 0 Å². The van der Waals surface area contributed by atoms with Gasteiger partial charge in [-0.1, -0.05) is 41.4 Å². The molecule has 0 spiro atoms. The maximum atomic E-state index is 12.2. The number of rotatable bonds is 4. The third kappa shape index (κ3) is 3.97. The zero-order chi connectivity index (χ0) is 15.4. The van der Waals surface area contributed by atoms with Gasteiger partial charge >= 0.3 is 0 Å². The Morgan fingerprint density at radius 3 is 2.43 bits per heavy atom. The Kier molecular flexibility index (Phi) is 5.22. The molecule has 1 atom stereocenters. The Labute approximate surface area is 134 Å². The third-order valence-electron chi connectivity index (χ3n) is 2.64. The summed E-state index contributed by atoms with van der Waals surface area (Å²) in [6.45, 7) is 0. The average Bonchev–Trinajstić information content (AvgIpc) is 2.41. The molecular formula is C14H12Cl2N2O2S. The lowest BCUT2D eigenvalue weighted by atomic mass is 10.3. The van der Waals surface area contributed by atoms with Crippen LogP contribution in [-0.2, 0) is 15.6 Å². The van der Waals surface area contributed by atoms with Crippen molar-refractivity contribution in [1.29, 1.82) is 0 Å². The van der Waals surface area contributed by atoms with Gasteiger partial charge in [0.1, 0.15) is 5.75 Å². The van der Waals surface area contributed by atoms with Crippen molar-refractivity contribution in [2.24, 2.45) is 0 Å². The number of halogens is 2. The lowest BCUT2D eigenvalue weighted by molar-refractivity contribution is -0.113. The zero-order valence-corrected chi connectivity index (χ0v) is 13.1. The second kappa shape index (κ2) is 6.93. The predicted octanol–water partition coefficient (Wildman–Crippen LogP) is 3.32. The first-order chi connectivity index (χ1) is 9.99. The molecule has 0 aliphatic rings. The number of anilines is 2. The normalized spacial score (nSPS) is 11.9. The topological polar surface area (TPSA) is 72.2 Å². The van der Waals surface area contributed by atoms with Gasteiger partial charge < -0.3 is 11.1 Å². The SMILES string of the molecule is Nc1cccc(Cl)c1S(=O)CC(=O)Nc1ccccc1Cl. The largest absolute Gasteiger partial charge is 0.398 e. The van der Waals surface area contributed by atoms with Gasteiger partial charge in [-0.05, 0) is 24.3 Å². The quantitative estimate of drug-likeness (QED) is 0.837. The molecule has 0 aliphatic carbocycles. The molecule has 0 bridgehead atoms. The highest BCUT2D eigenvalue weighted by Crippen LogP contribution is 2.26. The molecule has 3 N–H and O–H groups in total. The summed E-state index contributed by atoms with van der Waals surface area (Å²) >= 11 is 11.9. The van der Waals surface area contributed by atoms with Crippen LogP contribution in [0.25, 0.3) is 0 Å². The molecule has 0 heterocycles. The van der Waals surface area contributed by atoms with Crippen LogP contribution in [0.15, 0.2) is 47.4 Å². The summed E-state index contributed by atoms with van der Waals surface area (Å²) < 4.78 is 12.2. The Bertz CT molecular complexity index is 687. The molecule has 0 fully saturated rings. The van der Waals surface area contributed by atoms with Crippen LogP contribution in [0, 0.1) is 0 Å². The predicted molar refractivity (Wildman–Crippen MR) is 87.2 cm³/mol. The highest BCUT2D eigenvalue weighted by atomic mass is 35.5. The van der Waals surface area contributed by atoms with E-state index >= 15 is 0 Å². The van der Waals surface area contributed by atoms with Crippen LogP contribution in [0.3, 0.4) is 0 Å². The minimum atomic E-state index is -1.63. The van der Waals surface area contributed by atoms with Gasteiger partial charge in [-0.15, -0.1) is 0 Å². The number of nitrogen functional groups attached to an aromatic ring is 1. The molecular weight excluding hydrogens is 331 g/mol. The lowest BCUT2D eigenvalue weighted by Gasteiger charge is -2.09. The van der Waals surface area contributed by atoms with E-state index in [-0.39, 0.29) is 15.7 Å². The van der Waals surface area contributed by atoms with E-state index in [0.29, 0.717) is 16.4 Å². The fraction of sp³-hybridized carbons (Fsp3) is 0.0714. The number of nitrogens with one attached hydrogen (secondary N) is 1. The van der Waals surface area contributed by atoms with Crippen LogP contribution in [0.4, 0.5) is 11.4 Å². The van der Waals surface area contributed by atoms with E-state index in [2.05, 4.69) is 5.32 Å². The summed E-state index contributed by atoms with van der Waals surface area (Å²) in [7, 11) is -1.63. The van der Waals surface area contributed by atoms with Crippen molar-refractivity contribution in [3.05, 3.63) is 52.5 Å². The van der Waals surface area contributed by atoms with E-state index in [1.807, 2.05) is 0 Å². The van der Waals surface area contributed by atoms with Crippen molar-refractivity contribution in [2.45, 2.75) is 4.90 Å². The molecule has 0 saturated heterocycles. The lowest BCUT2D eigenvalue weighted by Crippen LogP contribution is -2.20. The second-order valence-corrected chi connectivity index (χ2v) is 6.38. The van der Waals surface area contributed by atoms with Gasteiger partial charge in [0.25, 0.3) is 0 Å². The molecule has 0 aromatic heterocycles. The van der Waals surface area contributed by atoms with Gasteiger partial charge in [0.15, 0.2) is 0 Å². The number of amides is 1. The molecule has 4 nitrogen and oxygen atoms in total. The van der Waals surface area contributed by atoms with E-state index in [9.17, 15) is 9.00 Å². The number of para-hydroxylation sites is 1. The van der Waals surface area contributed by atoms with E-state index in [1.165, 1.54) is 0 Å². The van der Waals surface area contributed by atoms with E-state index in [1.54, 1.807) is 42.5 Å². The van der Waals surface area contributed by atoms with Crippen LogP contribution in [0.2, 0.25) is 10.0 Å². The second-order valence-electron chi connectivity index (χ2n) is 4.18. The Morgan fingerprint density at radius 2 is 1.76 bits per heavy atom. The molecule has 21 heavy (non-hydrogen) atoms. The van der Waals surface area contributed by atoms with Gasteiger partial charge in [-0.3, -0.25) is 9.00 Å². The molecule has 2 aromatic rings. The first-order valence-electron chi connectivity index (χ1n) is 5.96. The Balaban J connectivity index is 2.10. The van der Waals surface area contributed by atoms with Gasteiger partial charge in [-0.25, -0.2) is 0 Å². The fourth-order valence-electron chi connectivity index (χ4n) is 1.71. The van der Waals surface area contributed by atoms with Crippen molar-refractivity contribution >= 4 is 51.3 Å². The van der Waals surface area contributed by atoms with Crippen LogP contribution in [-0.4, -0.2) is 15.9 Å². The molecule has 0 saturated carbocycles. The molecule has 2 aromatic carbocycles. The number of carbonyl (C=O) groups excluding carboxylic acids is 1. The summed E-state index contributed by atoms with van der Waals surface area (Å²) in [6.07, 6.45) is 0. The number of carbonyl (C=O) groups is 1. The van der Waals surface area contributed by atoms with Gasteiger partial charge in [0.05, 0.1) is 31.4 Å². The van der Waals surface area contributed by atoms with Crippen LogP contribution in [0.1, 0.15) is 0 Å². The third-order valence-corrected chi connectivity index (χ3v) is 4.83. The summed E-state index contributed by atoms with van der Waals surface area (Å²) in [5.74, 6) is -0.681. The summed E-state index contributed by atoms with van der Waals surface area (Å²) in [5.41, 5.74) is 6.51. The average molecular weight is 343 g/mol. The van der Waals surface area contributed by atoms with E-state index in [0.717, 1.165) is 0 Å². The van der Waals surface area contributed by atoms with Crippen molar-refractivity contribution in [3.63, 3.8) is 0 Å². The minimum absolute atomic E-state index is 0.251. The smallest absolute Gasteiger partial charge is 0.237 e. The summed E-state index contributed by atoms with van der Waals surface area (Å²) in [5, 5.41) is 3.29. The maximum Gasteiger partial charge on any atom is 0.237 e. The molecule has 0 radical (unpaired) electrons. The van der Waals surface area contributed by atoms with Crippen LogP contribution < -0.4 is 11.1 Å². The maximum absolute atomic E-state index is 12.2. The molecule has 1 amide bonds. The number of nitrogens with two attached hydrogens (primary N) is 1. The van der Waals surface area contributed by atoms with Crippen LogP contribution >= 0.6 is 23.2 Å². The monoisotopic (exact) mass is 342 g/mol. The highest BCUT2D eigenvalue weighted by molar-refractivity contribution is 7.86. The number of hydrogen-bond donors (Lipinski definition) is 2. The minimum Gasteiger partial charge on any atom is -0.398 e. The fourth-order valence-corrected chi connectivity index (χ4v) is 3.40. The first-order valence-corrected chi connectivity index (χ1v) is 8.03. The highest BCUT2D eigenvalue weighted by Gasteiger charge is 2.16. The summed E-state index contributed by atoms with van der Waals surface area (Å²) in [4.78, 5) is 12.2. The van der Waals surface area contributed by atoms with Gasteiger partial charge in [-0.2, -0.15) is 0 Å². The number of hydrogen-bond acceptors (Lipinski definition) is 3. The Morgan fingerprint density at radius 1 is 1.10 bits per heavy atom. The first kappa shape index (κ1) is 15.8. The molecule has 110 valence electrons. The van der Waals surface area contributed by atoms with E-state index in [4.69, 9.17) is 28.9 Å². The van der Waals surface area contributed by atoms with Crippen molar-refractivity contribution in [2.75, 3.05) is 16.8 Å². The summed E-state index contributed by atoms with van der Waals surface area (Å²) in [6, 6.07) is 11.6. The molecule has 7 heteroatoms. The molecule has 0 aliphatic heterocycles. The van der Waals surface area contributed by atoms with Crippen molar-refractivity contribution < 1.29 is 9.00 Å². The van der Waals surface area contributed by atoms with Crippen LogP contribution in [0.5, 0.6) is 0 Å². The standard InChI is InChI=1S/C14H12Cl2N2O2S/c15-9-4-1-2-7-12(9)18-13(19)8-21(20)14-10(16)5-3-6-11(14)17/h1-7H,8,17H2,(H,18,19). The number of benzene rings is 2. The Hall–Kier alpha value is -1.56. The molecule has 2 rings (SSSR count). The van der Waals surface area contributed by atoms with Gasteiger partial charge in [0, 0.05) is 5.69 Å². The van der Waals surface area contributed by atoms with Gasteiger partial charge in [0.2, 0.25) is 5.91 Å².